The standard InChI is InChI=1S/C3H3Br4N5O6S2/c4-11(5)19(13,14)17-3(10-2-8-1-9-10)18-20(15,16)12(6)7/h1-3H. The Labute approximate surface area is 148 Å². The van der Waals surface area contributed by atoms with E-state index in [1.54, 1.807) is 0 Å². The van der Waals surface area contributed by atoms with Crippen molar-refractivity contribution in [3.05, 3.63) is 12.7 Å². The zero-order chi connectivity index (χ0) is 15.6. The van der Waals surface area contributed by atoms with Gasteiger partial charge < -0.3 is 0 Å². The first-order valence-corrected chi connectivity index (χ1v) is 9.57. The fourth-order valence-corrected chi connectivity index (χ4v) is 2.37. The molecule has 0 saturated carbocycles. The van der Waals surface area contributed by atoms with Crippen molar-refractivity contribution in [1.82, 2.24) is 19.5 Å². The summed E-state index contributed by atoms with van der Waals surface area (Å²) in [6.45, 7) is 0. The molecule has 1 aromatic rings. The first kappa shape index (κ1) is 18.8. The van der Waals surface area contributed by atoms with Gasteiger partial charge in [0.25, 0.3) is 6.41 Å². The molecule has 0 bridgehead atoms. The van der Waals surface area contributed by atoms with Gasteiger partial charge in [-0.25, -0.2) is 13.4 Å². The van der Waals surface area contributed by atoms with Gasteiger partial charge in [0.2, 0.25) is 0 Å². The molecule has 0 aliphatic heterocycles. The van der Waals surface area contributed by atoms with Gasteiger partial charge in [-0.05, 0) is 4.71 Å². The molecule has 0 spiro atoms. The number of aromatic nitrogens is 3. The summed E-state index contributed by atoms with van der Waals surface area (Å²) < 4.78 is 56.6. The summed E-state index contributed by atoms with van der Waals surface area (Å²) in [7, 11) is -8.76. The minimum Gasteiger partial charge on any atom is -0.223 e. The molecule has 0 fully saturated rings. The van der Waals surface area contributed by atoms with Crippen LogP contribution >= 0.6 is 64.6 Å². The van der Waals surface area contributed by atoms with Crippen molar-refractivity contribution < 1.29 is 25.2 Å². The summed E-state index contributed by atoms with van der Waals surface area (Å²) >= 11 is 10.2. The van der Waals surface area contributed by atoms with Crippen LogP contribution in [0.5, 0.6) is 0 Å². The Bertz CT molecular complexity index is 590. The lowest BCUT2D eigenvalue weighted by Crippen LogP contribution is -2.28. The lowest BCUT2D eigenvalue weighted by molar-refractivity contribution is -0.0586. The van der Waals surface area contributed by atoms with E-state index in [1.807, 2.05) is 0 Å². The zero-order valence-corrected chi connectivity index (χ0v) is 16.7. The minimum absolute atomic E-state index is 0.354. The molecule has 0 unspecified atom stereocenters. The van der Waals surface area contributed by atoms with Gasteiger partial charge in [-0.15, -0.1) is 0 Å². The average molecular weight is 589 g/mol. The van der Waals surface area contributed by atoms with E-state index in [0.717, 1.165) is 17.3 Å². The lowest BCUT2D eigenvalue weighted by atomic mass is 11.1. The predicted molar refractivity (Wildman–Crippen MR) is 78.5 cm³/mol. The third kappa shape index (κ3) is 5.21. The predicted octanol–water partition coefficient (Wildman–Crippen LogP) is 1.10. The molecule has 1 heterocycles. The minimum atomic E-state index is -4.38. The maximum Gasteiger partial charge on any atom is 0.362 e. The van der Waals surface area contributed by atoms with Gasteiger partial charge in [0, 0.05) is 64.6 Å². The van der Waals surface area contributed by atoms with Crippen LogP contribution in [0.4, 0.5) is 0 Å². The van der Waals surface area contributed by atoms with Crippen molar-refractivity contribution in [1.29, 1.82) is 0 Å². The summed E-state index contributed by atoms with van der Waals surface area (Å²) in [6.07, 6.45) is 0.0663. The van der Waals surface area contributed by atoms with Gasteiger partial charge >= 0.3 is 20.6 Å². The maximum absolute atomic E-state index is 11.5. The highest BCUT2D eigenvalue weighted by Gasteiger charge is 2.32. The van der Waals surface area contributed by atoms with Crippen LogP contribution in [0.15, 0.2) is 12.7 Å². The highest BCUT2D eigenvalue weighted by atomic mass is 79.9. The molecule has 0 saturated heterocycles. The molecule has 1 aromatic heterocycles. The molecule has 17 heteroatoms. The molecule has 116 valence electrons. The second-order valence-corrected chi connectivity index (χ2v) is 12.1. The second-order valence-electron chi connectivity index (χ2n) is 2.63. The fourth-order valence-electron chi connectivity index (χ4n) is 0.704. The van der Waals surface area contributed by atoms with Crippen molar-refractivity contribution in [2.45, 2.75) is 6.41 Å². The molecule has 0 N–H and O–H groups in total. The molecule has 20 heavy (non-hydrogen) atoms. The molecule has 11 nitrogen and oxygen atoms in total. The topological polar surface area (TPSA) is 124 Å². The quantitative estimate of drug-likeness (QED) is 0.343. The van der Waals surface area contributed by atoms with Crippen LogP contribution in [0.1, 0.15) is 6.41 Å². The Hall–Kier alpha value is 0.800. The number of hydrogen-bond donors (Lipinski definition) is 0. The number of halogens is 4. The molecule has 1 rings (SSSR count). The molecule has 0 aliphatic carbocycles. The number of rotatable bonds is 7. The highest BCUT2D eigenvalue weighted by molar-refractivity contribution is 9.23. The van der Waals surface area contributed by atoms with Crippen molar-refractivity contribution in [3.8, 4) is 0 Å². The van der Waals surface area contributed by atoms with E-state index in [1.165, 1.54) is 0 Å². The molecule has 0 amide bonds. The summed E-state index contributed by atoms with van der Waals surface area (Å²) in [5, 5.41) is 3.53. The van der Waals surface area contributed by atoms with Crippen LogP contribution in [-0.4, -0.2) is 36.3 Å². The SMILES string of the molecule is O=S(=O)(OC(OS(=O)(=O)N(Br)Br)n1cncn1)N(Br)Br. The van der Waals surface area contributed by atoms with Crippen LogP contribution in [0, 0.1) is 0 Å². The highest BCUT2D eigenvalue weighted by Crippen LogP contribution is 2.25. The third-order valence-corrected chi connectivity index (χ3v) is 7.15. The fraction of sp³-hybridized carbons (Fsp3) is 0.333. The Morgan fingerprint density at radius 3 is 1.75 bits per heavy atom. The van der Waals surface area contributed by atoms with Gasteiger partial charge in [-0.1, -0.05) is 0 Å². The first-order valence-electron chi connectivity index (χ1n) is 4.00. The largest absolute Gasteiger partial charge is 0.362 e. The van der Waals surface area contributed by atoms with Gasteiger partial charge in [-0.3, -0.25) is 0 Å². The van der Waals surface area contributed by atoms with E-state index >= 15 is 0 Å². The first-order chi connectivity index (χ1) is 9.06. The van der Waals surface area contributed by atoms with Crippen LogP contribution in [0.2, 0.25) is 0 Å². The van der Waals surface area contributed by atoms with Crippen molar-refractivity contribution >= 4 is 85.2 Å². The lowest BCUT2D eigenvalue weighted by Gasteiger charge is -2.18. The summed E-state index contributed by atoms with van der Waals surface area (Å²) in [4.78, 5) is 3.52. The van der Waals surface area contributed by atoms with Gasteiger partial charge in [0.15, 0.2) is 0 Å². The second kappa shape index (κ2) is 7.38. The van der Waals surface area contributed by atoms with Gasteiger partial charge in [0.05, 0.1) is 0 Å². The Morgan fingerprint density at radius 2 is 1.45 bits per heavy atom. The van der Waals surface area contributed by atoms with E-state index in [9.17, 15) is 16.8 Å². The molecule has 0 aromatic carbocycles. The monoisotopic (exact) mass is 585 g/mol. The zero-order valence-electron chi connectivity index (χ0n) is 8.75. The third-order valence-electron chi connectivity index (χ3n) is 1.40. The molecular weight excluding hydrogens is 586 g/mol. The van der Waals surface area contributed by atoms with Crippen molar-refractivity contribution in [2.75, 3.05) is 0 Å². The van der Waals surface area contributed by atoms with E-state index in [4.69, 9.17) is 0 Å². The van der Waals surface area contributed by atoms with E-state index in [0.29, 0.717) is 4.71 Å². The smallest absolute Gasteiger partial charge is 0.223 e. The van der Waals surface area contributed by atoms with E-state index < -0.39 is 27.0 Å². The summed E-state index contributed by atoms with van der Waals surface area (Å²) in [5.41, 5.74) is 0. The van der Waals surface area contributed by atoms with Crippen LogP contribution < -0.4 is 0 Å². The maximum atomic E-state index is 11.5. The molecule has 0 atom stereocenters. The van der Waals surface area contributed by atoms with Gasteiger partial charge in [0.1, 0.15) is 12.7 Å². The van der Waals surface area contributed by atoms with Crippen LogP contribution in [-0.2, 0) is 29.0 Å². The number of nitrogens with zero attached hydrogens (tertiary/aromatic N) is 5. The van der Waals surface area contributed by atoms with Gasteiger partial charge in [-0.2, -0.15) is 26.6 Å². The number of hydrogen-bond acceptors (Lipinski definition) is 8. The van der Waals surface area contributed by atoms with E-state index in [2.05, 4.69) is 83.0 Å². The van der Waals surface area contributed by atoms with Crippen LogP contribution in [0.3, 0.4) is 0 Å². The van der Waals surface area contributed by atoms with Crippen molar-refractivity contribution in [3.63, 3.8) is 0 Å². The van der Waals surface area contributed by atoms with Crippen LogP contribution in [0.25, 0.3) is 0 Å². The molecular formula is C3H3Br4N5O6S2. The molecule has 0 radical (unpaired) electrons. The average Bonchev–Trinajstić information content (AvgIpc) is 2.80. The Kier molecular flexibility index (Phi) is 6.95. The Morgan fingerprint density at radius 1 is 1.00 bits per heavy atom. The Balaban J connectivity index is 3.06. The normalized spacial score (nSPS) is 13.6. The molecule has 0 aliphatic rings. The summed E-state index contributed by atoms with van der Waals surface area (Å²) in [5.74, 6) is 0. The summed E-state index contributed by atoms with van der Waals surface area (Å²) in [6, 6.07) is 0. The van der Waals surface area contributed by atoms with Crippen molar-refractivity contribution in [2.24, 2.45) is 0 Å². The van der Waals surface area contributed by atoms with E-state index in [-0.39, 0.29) is 0 Å².